The number of hydrogen-bond donors (Lipinski definition) is 1. The topological polar surface area (TPSA) is 38.3 Å². The fraction of sp³-hybridized carbons (Fsp3) is 0.562. The number of nitrogens with one attached hydrogen (secondary N) is 1. The normalized spacial score (nSPS) is 20.7. The van der Waals surface area contributed by atoms with Crippen LogP contribution in [-0.2, 0) is 9.53 Å². The molecule has 1 aliphatic heterocycles. The Hall–Kier alpha value is -1.42. The number of amides is 1. The highest BCUT2D eigenvalue weighted by molar-refractivity contribution is 5.79. The molecule has 0 aromatic heterocycles. The van der Waals surface area contributed by atoms with Crippen molar-refractivity contribution in [1.82, 2.24) is 5.32 Å². The van der Waals surface area contributed by atoms with Gasteiger partial charge in [-0.15, -0.1) is 0 Å². The number of benzene rings is 1. The summed E-state index contributed by atoms with van der Waals surface area (Å²) in [4.78, 5) is 12.3. The van der Waals surface area contributed by atoms with Crippen LogP contribution in [0.1, 0.15) is 38.8 Å². The van der Waals surface area contributed by atoms with E-state index in [0.29, 0.717) is 13.2 Å². The lowest BCUT2D eigenvalue weighted by molar-refractivity contribution is -0.126. The molecule has 1 fully saturated rings. The minimum Gasteiger partial charge on any atom is -0.381 e. The number of halogens is 1. The molecule has 1 aromatic carbocycles. The lowest BCUT2D eigenvalue weighted by atomic mass is 9.82. The summed E-state index contributed by atoms with van der Waals surface area (Å²) in [6, 6.07) is 6.21. The Kier molecular flexibility index (Phi) is 4.43. The molecule has 0 aliphatic carbocycles. The number of rotatable bonds is 3. The smallest absolute Gasteiger partial charge is 0.226 e. The van der Waals surface area contributed by atoms with E-state index in [9.17, 15) is 9.18 Å². The molecular formula is C16H22FNO2. The van der Waals surface area contributed by atoms with Gasteiger partial charge in [0.05, 0.1) is 18.6 Å². The lowest BCUT2D eigenvalue weighted by Crippen LogP contribution is -2.40. The number of hydrogen-bond acceptors (Lipinski definition) is 2. The zero-order valence-electron chi connectivity index (χ0n) is 12.3. The van der Waals surface area contributed by atoms with E-state index in [2.05, 4.69) is 5.32 Å². The molecule has 0 radical (unpaired) electrons. The maximum absolute atomic E-state index is 13.4. The van der Waals surface area contributed by atoms with E-state index in [1.54, 1.807) is 6.07 Å². The second-order valence-electron chi connectivity index (χ2n) is 6.42. The van der Waals surface area contributed by atoms with E-state index in [1.165, 1.54) is 12.1 Å². The van der Waals surface area contributed by atoms with Gasteiger partial charge in [0.25, 0.3) is 0 Å². The largest absolute Gasteiger partial charge is 0.381 e. The van der Waals surface area contributed by atoms with Gasteiger partial charge in [0.15, 0.2) is 0 Å². The van der Waals surface area contributed by atoms with Gasteiger partial charge in [0.1, 0.15) is 5.82 Å². The quantitative estimate of drug-likeness (QED) is 0.923. The summed E-state index contributed by atoms with van der Waals surface area (Å²) in [6.45, 7) is 7.22. The van der Waals surface area contributed by atoms with E-state index >= 15 is 0 Å². The van der Waals surface area contributed by atoms with Gasteiger partial charge in [0.2, 0.25) is 5.91 Å². The van der Waals surface area contributed by atoms with Crippen molar-refractivity contribution in [1.29, 1.82) is 0 Å². The zero-order chi connectivity index (χ0) is 14.8. The van der Waals surface area contributed by atoms with Gasteiger partial charge < -0.3 is 10.1 Å². The van der Waals surface area contributed by atoms with Gasteiger partial charge in [0, 0.05) is 6.61 Å². The van der Waals surface area contributed by atoms with Crippen LogP contribution in [0.2, 0.25) is 0 Å². The first-order chi connectivity index (χ1) is 9.38. The molecule has 110 valence electrons. The first-order valence-corrected chi connectivity index (χ1v) is 7.01. The molecule has 1 heterocycles. The highest BCUT2D eigenvalue weighted by Gasteiger charge is 2.31. The highest BCUT2D eigenvalue weighted by atomic mass is 19.1. The SMILES string of the molecule is CC(C)(C)[C@H](NC(=O)[C@H]1CCOC1)c1cccc(F)c1. The maximum Gasteiger partial charge on any atom is 0.226 e. The Bertz CT molecular complexity index is 476. The van der Waals surface area contributed by atoms with Crippen LogP contribution in [0.5, 0.6) is 0 Å². The third-order valence-electron chi connectivity index (χ3n) is 3.64. The van der Waals surface area contributed by atoms with Crippen LogP contribution >= 0.6 is 0 Å². The summed E-state index contributed by atoms with van der Waals surface area (Å²) in [5.41, 5.74) is 0.605. The van der Waals surface area contributed by atoms with Gasteiger partial charge in [-0.25, -0.2) is 4.39 Å². The summed E-state index contributed by atoms with van der Waals surface area (Å²) in [5.74, 6) is -0.379. The van der Waals surface area contributed by atoms with Crippen LogP contribution in [0, 0.1) is 17.2 Å². The maximum atomic E-state index is 13.4. The van der Waals surface area contributed by atoms with Gasteiger partial charge in [-0.2, -0.15) is 0 Å². The van der Waals surface area contributed by atoms with E-state index in [-0.39, 0.29) is 29.1 Å². The minimum absolute atomic E-state index is 0.00770. The van der Waals surface area contributed by atoms with Crippen LogP contribution in [0.4, 0.5) is 4.39 Å². The molecule has 1 N–H and O–H groups in total. The van der Waals surface area contributed by atoms with Crippen molar-refractivity contribution in [2.45, 2.75) is 33.2 Å². The molecule has 4 heteroatoms. The van der Waals surface area contributed by atoms with Gasteiger partial charge in [-0.05, 0) is 29.5 Å². The minimum atomic E-state index is -0.282. The van der Waals surface area contributed by atoms with Crippen LogP contribution in [-0.4, -0.2) is 19.1 Å². The zero-order valence-corrected chi connectivity index (χ0v) is 12.3. The van der Waals surface area contributed by atoms with Crippen molar-refractivity contribution in [2.24, 2.45) is 11.3 Å². The molecule has 2 atom stereocenters. The van der Waals surface area contributed by atoms with Gasteiger partial charge in [-0.1, -0.05) is 32.9 Å². The first kappa shape index (κ1) is 15.0. The molecule has 0 saturated carbocycles. The average molecular weight is 279 g/mol. The molecule has 0 unspecified atom stereocenters. The summed E-state index contributed by atoms with van der Waals surface area (Å²) in [5, 5.41) is 3.06. The molecule has 1 amide bonds. The molecular weight excluding hydrogens is 257 g/mol. The molecule has 0 spiro atoms. The summed E-state index contributed by atoms with van der Waals surface area (Å²) in [7, 11) is 0. The summed E-state index contributed by atoms with van der Waals surface area (Å²) < 4.78 is 18.7. The van der Waals surface area contributed by atoms with Crippen molar-refractivity contribution in [3.8, 4) is 0 Å². The molecule has 1 aromatic rings. The van der Waals surface area contributed by atoms with Gasteiger partial charge >= 0.3 is 0 Å². The number of carbonyl (C=O) groups excluding carboxylic acids is 1. The van der Waals surface area contributed by atoms with Crippen LogP contribution < -0.4 is 5.32 Å². The second-order valence-corrected chi connectivity index (χ2v) is 6.42. The van der Waals surface area contributed by atoms with E-state index in [0.717, 1.165) is 12.0 Å². The number of carbonyl (C=O) groups is 1. The molecule has 2 rings (SSSR count). The molecule has 0 bridgehead atoms. The van der Waals surface area contributed by atoms with E-state index in [1.807, 2.05) is 26.8 Å². The molecule has 1 aliphatic rings. The Labute approximate surface area is 119 Å². The predicted octanol–water partition coefficient (Wildman–Crippen LogP) is 3.07. The van der Waals surface area contributed by atoms with Crippen molar-refractivity contribution < 1.29 is 13.9 Å². The predicted molar refractivity (Wildman–Crippen MR) is 75.7 cm³/mol. The van der Waals surface area contributed by atoms with Crippen molar-refractivity contribution in [2.75, 3.05) is 13.2 Å². The van der Waals surface area contributed by atoms with E-state index < -0.39 is 0 Å². The fourth-order valence-corrected chi connectivity index (χ4v) is 2.49. The van der Waals surface area contributed by atoms with Crippen LogP contribution in [0.25, 0.3) is 0 Å². The monoisotopic (exact) mass is 279 g/mol. The van der Waals surface area contributed by atoms with Crippen molar-refractivity contribution in [3.63, 3.8) is 0 Å². The summed E-state index contributed by atoms with van der Waals surface area (Å²) in [6.07, 6.45) is 0.756. The lowest BCUT2D eigenvalue weighted by Gasteiger charge is -2.32. The average Bonchev–Trinajstić information content (AvgIpc) is 2.88. The van der Waals surface area contributed by atoms with Gasteiger partial charge in [-0.3, -0.25) is 4.79 Å². The van der Waals surface area contributed by atoms with Crippen LogP contribution in [0.3, 0.4) is 0 Å². The number of ether oxygens (including phenoxy) is 1. The first-order valence-electron chi connectivity index (χ1n) is 7.01. The molecule has 1 saturated heterocycles. The van der Waals surface area contributed by atoms with Crippen molar-refractivity contribution in [3.05, 3.63) is 35.6 Å². The Morgan fingerprint density at radius 1 is 1.45 bits per heavy atom. The highest BCUT2D eigenvalue weighted by Crippen LogP contribution is 2.33. The molecule has 20 heavy (non-hydrogen) atoms. The fourth-order valence-electron chi connectivity index (χ4n) is 2.49. The Morgan fingerprint density at radius 3 is 2.75 bits per heavy atom. The standard InChI is InChI=1S/C16H22FNO2/c1-16(2,3)14(11-5-4-6-13(17)9-11)18-15(19)12-7-8-20-10-12/h4-6,9,12,14H,7-8,10H2,1-3H3,(H,18,19)/t12-,14+/m0/s1. The Balaban J connectivity index is 2.18. The second kappa shape index (κ2) is 5.92. The van der Waals surface area contributed by atoms with Crippen LogP contribution in [0.15, 0.2) is 24.3 Å². The summed E-state index contributed by atoms with van der Waals surface area (Å²) >= 11 is 0. The third-order valence-corrected chi connectivity index (χ3v) is 3.64. The van der Waals surface area contributed by atoms with Crippen molar-refractivity contribution >= 4 is 5.91 Å². The third kappa shape index (κ3) is 3.57. The Morgan fingerprint density at radius 2 is 2.20 bits per heavy atom. The molecule has 3 nitrogen and oxygen atoms in total. The van der Waals surface area contributed by atoms with E-state index in [4.69, 9.17) is 4.74 Å².